The molecule has 0 bridgehead atoms. The van der Waals surface area contributed by atoms with Crippen molar-refractivity contribution in [3.05, 3.63) is 54.1 Å². The molecule has 1 amide bonds. The van der Waals surface area contributed by atoms with Crippen LogP contribution in [0.25, 0.3) is 0 Å². The van der Waals surface area contributed by atoms with Gasteiger partial charge in [-0.05, 0) is 48.6 Å². The molecular formula is C17H18N2O4S. The average molecular weight is 346 g/mol. The Morgan fingerprint density at radius 1 is 1.12 bits per heavy atom. The van der Waals surface area contributed by atoms with Crippen molar-refractivity contribution in [3.8, 4) is 11.5 Å². The van der Waals surface area contributed by atoms with Gasteiger partial charge in [0.05, 0.1) is 12.3 Å². The molecule has 126 valence electrons. The molecule has 0 spiro atoms. The molecule has 2 aromatic carbocycles. The van der Waals surface area contributed by atoms with E-state index in [4.69, 9.17) is 21.7 Å². The van der Waals surface area contributed by atoms with E-state index in [1.54, 1.807) is 49.6 Å². The van der Waals surface area contributed by atoms with Gasteiger partial charge in [-0.1, -0.05) is 12.1 Å². The number of hydrogen-bond donors (Lipinski definition) is 3. The third-order valence-corrected chi connectivity index (χ3v) is 3.26. The van der Waals surface area contributed by atoms with Gasteiger partial charge in [0.15, 0.2) is 5.11 Å². The summed E-state index contributed by atoms with van der Waals surface area (Å²) in [4.78, 5) is 12.1. The normalized spacial score (nSPS) is 10.0. The molecule has 2 rings (SSSR count). The highest BCUT2D eigenvalue weighted by atomic mass is 32.1. The number of carbonyl (C=O) groups is 1. The second-order valence-corrected chi connectivity index (χ2v) is 5.20. The van der Waals surface area contributed by atoms with E-state index in [9.17, 15) is 9.90 Å². The molecule has 6 nitrogen and oxygen atoms in total. The van der Waals surface area contributed by atoms with Gasteiger partial charge in [0.1, 0.15) is 18.1 Å². The van der Waals surface area contributed by atoms with Crippen molar-refractivity contribution in [2.75, 3.05) is 25.6 Å². The molecule has 0 unspecified atom stereocenters. The molecule has 2 aromatic rings. The second kappa shape index (κ2) is 8.85. The zero-order valence-corrected chi connectivity index (χ0v) is 13.9. The van der Waals surface area contributed by atoms with Crippen molar-refractivity contribution < 1.29 is 19.4 Å². The first-order valence-electron chi connectivity index (χ1n) is 7.22. The quantitative estimate of drug-likeness (QED) is 0.424. The lowest BCUT2D eigenvalue weighted by atomic mass is 10.2. The minimum atomic E-state index is -0.355. The van der Waals surface area contributed by atoms with Crippen LogP contribution in [0.4, 0.5) is 5.69 Å². The fourth-order valence-electron chi connectivity index (χ4n) is 1.85. The molecular weight excluding hydrogens is 328 g/mol. The van der Waals surface area contributed by atoms with Crippen LogP contribution in [0.15, 0.2) is 48.5 Å². The third kappa shape index (κ3) is 5.22. The summed E-state index contributed by atoms with van der Waals surface area (Å²) in [7, 11) is 1.60. The summed E-state index contributed by atoms with van der Waals surface area (Å²) < 4.78 is 10.3. The van der Waals surface area contributed by atoms with Crippen molar-refractivity contribution in [1.82, 2.24) is 5.32 Å². The van der Waals surface area contributed by atoms with E-state index in [1.807, 2.05) is 0 Å². The number of methoxy groups -OCH3 is 1. The van der Waals surface area contributed by atoms with Crippen molar-refractivity contribution in [1.29, 1.82) is 0 Å². The first-order chi connectivity index (χ1) is 11.6. The van der Waals surface area contributed by atoms with Crippen LogP contribution in [-0.2, 0) is 4.74 Å². The molecule has 0 aliphatic heterocycles. The van der Waals surface area contributed by atoms with Crippen LogP contribution in [0.1, 0.15) is 10.4 Å². The number of rotatable bonds is 6. The summed E-state index contributed by atoms with van der Waals surface area (Å²) in [6, 6.07) is 13.3. The Bertz CT molecular complexity index is 704. The number of amides is 1. The summed E-state index contributed by atoms with van der Waals surface area (Å²) in [5.41, 5.74) is 0.861. The number of phenolic OH excluding ortho intramolecular Hbond substituents is 1. The van der Waals surface area contributed by atoms with Crippen LogP contribution in [0.2, 0.25) is 0 Å². The maximum Gasteiger partial charge on any atom is 0.257 e. The molecule has 0 saturated carbocycles. The Morgan fingerprint density at radius 3 is 2.50 bits per heavy atom. The molecule has 0 radical (unpaired) electrons. The number of anilines is 1. The van der Waals surface area contributed by atoms with Gasteiger partial charge >= 0.3 is 0 Å². The van der Waals surface area contributed by atoms with E-state index >= 15 is 0 Å². The van der Waals surface area contributed by atoms with Gasteiger partial charge in [0.2, 0.25) is 0 Å². The second-order valence-electron chi connectivity index (χ2n) is 4.79. The molecule has 24 heavy (non-hydrogen) atoms. The average Bonchev–Trinajstić information content (AvgIpc) is 2.58. The van der Waals surface area contributed by atoms with E-state index in [2.05, 4.69) is 10.6 Å². The van der Waals surface area contributed by atoms with E-state index in [0.717, 1.165) is 0 Å². The van der Waals surface area contributed by atoms with Crippen molar-refractivity contribution in [2.45, 2.75) is 0 Å². The maximum atomic E-state index is 12.1. The van der Waals surface area contributed by atoms with Crippen molar-refractivity contribution >= 4 is 28.9 Å². The number of carbonyl (C=O) groups excluding carboxylic acids is 1. The lowest BCUT2D eigenvalue weighted by Crippen LogP contribution is -2.34. The van der Waals surface area contributed by atoms with Crippen LogP contribution in [0.3, 0.4) is 0 Å². The molecule has 0 saturated heterocycles. The zero-order valence-electron chi connectivity index (χ0n) is 13.1. The minimum Gasteiger partial charge on any atom is -0.506 e. The van der Waals surface area contributed by atoms with E-state index in [-0.39, 0.29) is 16.8 Å². The molecule has 0 aliphatic rings. The predicted molar refractivity (Wildman–Crippen MR) is 95.6 cm³/mol. The highest BCUT2D eigenvalue weighted by Crippen LogP contribution is 2.21. The van der Waals surface area contributed by atoms with Crippen LogP contribution in [0.5, 0.6) is 11.5 Å². The van der Waals surface area contributed by atoms with Crippen LogP contribution >= 0.6 is 12.2 Å². The number of benzene rings is 2. The molecule has 7 heteroatoms. The summed E-state index contributed by atoms with van der Waals surface area (Å²) >= 11 is 5.08. The van der Waals surface area contributed by atoms with Gasteiger partial charge in [-0.3, -0.25) is 10.1 Å². The minimum absolute atomic E-state index is 0.0478. The largest absolute Gasteiger partial charge is 0.506 e. The van der Waals surface area contributed by atoms with E-state index in [0.29, 0.717) is 30.2 Å². The first-order valence-corrected chi connectivity index (χ1v) is 7.63. The van der Waals surface area contributed by atoms with Crippen LogP contribution in [-0.4, -0.2) is 36.4 Å². The Morgan fingerprint density at radius 2 is 1.83 bits per heavy atom. The number of para-hydroxylation sites is 2. The van der Waals surface area contributed by atoms with Crippen LogP contribution < -0.4 is 15.4 Å². The smallest absolute Gasteiger partial charge is 0.257 e. The molecule has 0 aromatic heterocycles. The Balaban J connectivity index is 1.89. The van der Waals surface area contributed by atoms with Crippen molar-refractivity contribution in [3.63, 3.8) is 0 Å². The topological polar surface area (TPSA) is 79.8 Å². The summed E-state index contributed by atoms with van der Waals surface area (Å²) in [6.07, 6.45) is 0. The van der Waals surface area contributed by atoms with Gasteiger partial charge in [-0.15, -0.1) is 0 Å². The van der Waals surface area contributed by atoms with Gasteiger partial charge in [-0.25, -0.2) is 0 Å². The molecule has 0 heterocycles. The summed E-state index contributed by atoms with van der Waals surface area (Å²) in [5, 5.41) is 15.1. The van der Waals surface area contributed by atoms with Crippen molar-refractivity contribution in [2.24, 2.45) is 0 Å². The summed E-state index contributed by atoms with van der Waals surface area (Å²) in [6.45, 7) is 0.936. The fraction of sp³-hybridized carbons (Fsp3) is 0.176. The highest BCUT2D eigenvalue weighted by Gasteiger charge is 2.09. The molecule has 3 N–H and O–H groups in total. The van der Waals surface area contributed by atoms with E-state index in [1.165, 1.54) is 6.07 Å². The van der Waals surface area contributed by atoms with Crippen LogP contribution in [0, 0.1) is 0 Å². The monoisotopic (exact) mass is 346 g/mol. The SMILES string of the molecule is COCCOc1ccc(C(=O)NC(=S)Nc2ccccc2O)cc1. The Hall–Kier alpha value is -2.64. The Labute approximate surface area is 145 Å². The van der Waals surface area contributed by atoms with Gasteiger partial charge in [0.25, 0.3) is 5.91 Å². The fourth-order valence-corrected chi connectivity index (χ4v) is 2.06. The predicted octanol–water partition coefficient (Wildman–Crippen LogP) is 2.54. The molecule has 0 atom stereocenters. The Kier molecular flexibility index (Phi) is 6.53. The number of phenols is 1. The molecule has 0 aliphatic carbocycles. The zero-order chi connectivity index (χ0) is 17.4. The number of ether oxygens (including phenoxy) is 2. The summed E-state index contributed by atoms with van der Waals surface area (Å²) in [5.74, 6) is 0.344. The van der Waals surface area contributed by atoms with Gasteiger partial charge in [-0.2, -0.15) is 0 Å². The third-order valence-electron chi connectivity index (χ3n) is 3.05. The number of thiocarbonyl (C=S) groups is 1. The lowest BCUT2D eigenvalue weighted by molar-refractivity contribution is 0.0977. The van der Waals surface area contributed by atoms with E-state index < -0.39 is 0 Å². The number of nitrogens with one attached hydrogen (secondary N) is 2. The first kappa shape index (κ1) is 17.7. The van der Waals surface area contributed by atoms with Gasteiger partial charge in [0, 0.05) is 12.7 Å². The highest BCUT2D eigenvalue weighted by molar-refractivity contribution is 7.80. The van der Waals surface area contributed by atoms with Gasteiger partial charge < -0.3 is 19.9 Å². The standard InChI is InChI=1S/C17H18N2O4S/c1-22-10-11-23-13-8-6-12(7-9-13)16(21)19-17(24)18-14-4-2-3-5-15(14)20/h2-9,20H,10-11H2,1H3,(H2,18,19,21,24). The maximum absolute atomic E-state index is 12.1. The molecule has 0 fully saturated rings. The lowest BCUT2D eigenvalue weighted by Gasteiger charge is -2.11. The number of aromatic hydroxyl groups is 1. The number of hydrogen-bond acceptors (Lipinski definition) is 5.